The minimum Gasteiger partial charge on any atom is -0.493 e. The maximum absolute atomic E-state index is 12.4. The number of rotatable bonds is 7. The molecule has 0 radical (unpaired) electrons. The van der Waals surface area contributed by atoms with Gasteiger partial charge < -0.3 is 18.9 Å². The molecule has 0 spiro atoms. The highest BCUT2D eigenvalue weighted by Crippen LogP contribution is 2.31. The molecule has 0 fully saturated rings. The van der Waals surface area contributed by atoms with Crippen LogP contribution in [0, 0.1) is 10.1 Å². The van der Waals surface area contributed by atoms with Crippen molar-refractivity contribution in [2.45, 2.75) is 0 Å². The normalized spacial score (nSPS) is 12.1. The van der Waals surface area contributed by atoms with Gasteiger partial charge in [-0.25, -0.2) is 10.2 Å². The summed E-state index contributed by atoms with van der Waals surface area (Å²) >= 11 is 0. The summed E-state index contributed by atoms with van der Waals surface area (Å²) in [4.78, 5) is 34.9. The highest BCUT2D eigenvalue weighted by Gasteiger charge is 2.16. The van der Waals surface area contributed by atoms with Gasteiger partial charge in [-0.1, -0.05) is 0 Å². The lowest BCUT2D eigenvalue weighted by Gasteiger charge is -2.18. The Morgan fingerprint density at radius 3 is 2.40 bits per heavy atom. The van der Waals surface area contributed by atoms with E-state index in [0.717, 1.165) is 0 Å². The Morgan fingerprint density at radius 1 is 0.971 bits per heavy atom. The molecule has 4 rings (SSSR count). The van der Waals surface area contributed by atoms with E-state index in [-0.39, 0.29) is 22.7 Å². The van der Waals surface area contributed by atoms with E-state index in [1.807, 2.05) is 0 Å². The monoisotopic (exact) mass is 477 g/mol. The molecule has 178 valence electrons. The second-order valence-electron chi connectivity index (χ2n) is 7.16. The SMILES string of the molecule is COc1cc(/C=N/NC(=O)c2ccc3c(c2)OCCO3)ccc1OC(=O)c1ccc([N+](=O)[O-])cc1. The number of hydrogen-bond acceptors (Lipinski definition) is 9. The van der Waals surface area contributed by atoms with Crippen molar-refractivity contribution >= 4 is 23.8 Å². The van der Waals surface area contributed by atoms with Crippen molar-refractivity contribution in [2.24, 2.45) is 5.10 Å². The molecule has 0 aliphatic carbocycles. The first-order valence-electron chi connectivity index (χ1n) is 10.3. The zero-order chi connectivity index (χ0) is 24.8. The summed E-state index contributed by atoms with van der Waals surface area (Å²) in [5.41, 5.74) is 3.37. The largest absolute Gasteiger partial charge is 0.493 e. The first kappa shape index (κ1) is 23.2. The van der Waals surface area contributed by atoms with Gasteiger partial charge in [0.05, 0.1) is 23.8 Å². The van der Waals surface area contributed by atoms with E-state index in [1.165, 1.54) is 43.7 Å². The minimum absolute atomic E-state index is 0.135. The average Bonchev–Trinajstić information content (AvgIpc) is 2.89. The number of carbonyl (C=O) groups is 2. The smallest absolute Gasteiger partial charge is 0.343 e. The molecule has 1 heterocycles. The first-order chi connectivity index (χ1) is 16.9. The van der Waals surface area contributed by atoms with Crippen LogP contribution in [0.4, 0.5) is 5.69 Å². The maximum atomic E-state index is 12.4. The van der Waals surface area contributed by atoms with E-state index in [4.69, 9.17) is 18.9 Å². The van der Waals surface area contributed by atoms with E-state index in [2.05, 4.69) is 10.5 Å². The molecule has 0 aromatic heterocycles. The van der Waals surface area contributed by atoms with Crippen molar-refractivity contribution < 1.29 is 33.5 Å². The number of esters is 1. The standard InChI is InChI=1S/C24H19N3O8/c1-32-21-12-15(2-8-20(21)35-24(29)16-3-6-18(7-4-16)27(30)31)14-25-26-23(28)17-5-9-19-22(13-17)34-11-10-33-19/h2-9,12-14H,10-11H2,1H3,(H,26,28)/b25-14+. The molecular weight excluding hydrogens is 458 g/mol. The van der Waals surface area contributed by atoms with Crippen LogP contribution >= 0.6 is 0 Å². The van der Waals surface area contributed by atoms with Gasteiger partial charge in [0, 0.05) is 17.7 Å². The van der Waals surface area contributed by atoms with Crippen LogP contribution in [-0.2, 0) is 0 Å². The van der Waals surface area contributed by atoms with Crippen LogP contribution in [0.1, 0.15) is 26.3 Å². The molecule has 0 bridgehead atoms. The van der Waals surface area contributed by atoms with E-state index >= 15 is 0 Å². The van der Waals surface area contributed by atoms with Gasteiger partial charge in [-0.2, -0.15) is 5.10 Å². The second kappa shape index (κ2) is 10.3. The molecule has 1 amide bonds. The lowest BCUT2D eigenvalue weighted by Crippen LogP contribution is -2.19. The lowest BCUT2D eigenvalue weighted by atomic mass is 10.2. The molecule has 0 saturated heterocycles. The third kappa shape index (κ3) is 5.53. The molecule has 11 nitrogen and oxygen atoms in total. The molecule has 0 unspecified atom stereocenters. The minimum atomic E-state index is -0.702. The molecular formula is C24H19N3O8. The number of nitro benzene ring substituents is 1. The highest BCUT2D eigenvalue weighted by atomic mass is 16.6. The van der Waals surface area contributed by atoms with Crippen LogP contribution in [0.15, 0.2) is 65.8 Å². The number of ether oxygens (including phenoxy) is 4. The van der Waals surface area contributed by atoms with E-state index < -0.39 is 16.8 Å². The van der Waals surface area contributed by atoms with Crippen molar-refractivity contribution in [1.82, 2.24) is 5.43 Å². The number of non-ortho nitro benzene ring substituents is 1. The van der Waals surface area contributed by atoms with E-state index in [1.54, 1.807) is 30.3 Å². The first-order valence-corrected chi connectivity index (χ1v) is 10.3. The van der Waals surface area contributed by atoms with Gasteiger partial charge in [0.25, 0.3) is 11.6 Å². The lowest BCUT2D eigenvalue weighted by molar-refractivity contribution is -0.384. The van der Waals surface area contributed by atoms with Gasteiger partial charge in [-0.15, -0.1) is 0 Å². The molecule has 11 heteroatoms. The Bertz CT molecular complexity index is 1300. The van der Waals surface area contributed by atoms with Crippen LogP contribution in [0.25, 0.3) is 0 Å². The van der Waals surface area contributed by atoms with Crippen LogP contribution in [0.3, 0.4) is 0 Å². The molecule has 0 atom stereocenters. The third-order valence-electron chi connectivity index (χ3n) is 4.89. The number of nitro groups is 1. The number of benzene rings is 3. The summed E-state index contributed by atoms with van der Waals surface area (Å²) in [6, 6.07) is 14.6. The van der Waals surface area contributed by atoms with Crippen LogP contribution < -0.4 is 24.4 Å². The van der Waals surface area contributed by atoms with Crippen molar-refractivity contribution in [3.05, 3.63) is 87.5 Å². The topological polar surface area (TPSA) is 139 Å². The summed E-state index contributed by atoms with van der Waals surface area (Å²) in [7, 11) is 1.41. The zero-order valence-electron chi connectivity index (χ0n) is 18.4. The van der Waals surface area contributed by atoms with Crippen molar-refractivity contribution in [1.29, 1.82) is 0 Å². The predicted molar refractivity (Wildman–Crippen MR) is 124 cm³/mol. The van der Waals surface area contributed by atoms with Gasteiger partial charge in [0.2, 0.25) is 0 Å². The number of nitrogens with one attached hydrogen (secondary N) is 1. The maximum Gasteiger partial charge on any atom is 0.343 e. The number of methoxy groups -OCH3 is 1. The predicted octanol–water partition coefficient (Wildman–Crippen LogP) is 3.36. The summed E-state index contributed by atoms with van der Waals surface area (Å²) in [5.74, 6) is 0.343. The van der Waals surface area contributed by atoms with Crippen LogP contribution in [-0.4, -0.2) is 43.3 Å². The fourth-order valence-electron chi connectivity index (χ4n) is 3.14. The van der Waals surface area contributed by atoms with Crippen LogP contribution in [0.2, 0.25) is 0 Å². The number of hydrazone groups is 1. The molecule has 1 aliphatic rings. The van der Waals surface area contributed by atoms with Crippen molar-refractivity contribution in [3.63, 3.8) is 0 Å². The average molecular weight is 477 g/mol. The summed E-state index contributed by atoms with van der Waals surface area (Å²) in [6.07, 6.45) is 1.40. The fraction of sp³-hybridized carbons (Fsp3) is 0.125. The summed E-state index contributed by atoms with van der Waals surface area (Å²) < 4.78 is 21.5. The molecule has 1 N–H and O–H groups in total. The van der Waals surface area contributed by atoms with Gasteiger partial charge in [-0.3, -0.25) is 14.9 Å². The van der Waals surface area contributed by atoms with Crippen LogP contribution in [0.5, 0.6) is 23.0 Å². The Balaban J connectivity index is 1.40. The van der Waals surface area contributed by atoms with Crippen molar-refractivity contribution in [2.75, 3.05) is 20.3 Å². The van der Waals surface area contributed by atoms with Gasteiger partial charge in [0.15, 0.2) is 23.0 Å². The zero-order valence-corrected chi connectivity index (χ0v) is 18.4. The molecule has 3 aromatic rings. The Labute approximate surface area is 199 Å². The van der Waals surface area contributed by atoms with E-state index in [0.29, 0.717) is 35.8 Å². The Morgan fingerprint density at radius 2 is 1.69 bits per heavy atom. The Hall–Kier alpha value is -4.93. The fourth-order valence-corrected chi connectivity index (χ4v) is 3.14. The molecule has 3 aromatic carbocycles. The molecule has 1 aliphatic heterocycles. The Kier molecular flexibility index (Phi) is 6.86. The number of fused-ring (bicyclic) bond motifs is 1. The number of nitrogens with zero attached hydrogens (tertiary/aromatic N) is 2. The third-order valence-corrected chi connectivity index (χ3v) is 4.89. The van der Waals surface area contributed by atoms with Crippen molar-refractivity contribution in [3.8, 4) is 23.0 Å². The highest BCUT2D eigenvalue weighted by molar-refractivity contribution is 5.95. The number of amides is 1. The van der Waals surface area contributed by atoms with E-state index in [9.17, 15) is 19.7 Å². The summed E-state index contributed by atoms with van der Waals surface area (Å²) in [5, 5.41) is 14.7. The van der Waals surface area contributed by atoms with Gasteiger partial charge in [0.1, 0.15) is 13.2 Å². The molecule has 0 saturated carbocycles. The number of hydrogen-bond donors (Lipinski definition) is 1. The quantitative estimate of drug-likeness (QED) is 0.180. The van der Waals surface area contributed by atoms with Gasteiger partial charge in [-0.05, 0) is 54.1 Å². The second-order valence-corrected chi connectivity index (χ2v) is 7.16. The summed E-state index contributed by atoms with van der Waals surface area (Å²) in [6.45, 7) is 0.874. The molecule has 35 heavy (non-hydrogen) atoms. The number of carbonyl (C=O) groups excluding carboxylic acids is 2. The van der Waals surface area contributed by atoms with Gasteiger partial charge >= 0.3 is 5.97 Å².